The molecule has 150 valence electrons. The van der Waals surface area contributed by atoms with Gasteiger partial charge in [-0.3, -0.25) is 4.79 Å². The fourth-order valence-electron chi connectivity index (χ4n) is 2.54. The van der Waals surface area contributed by atoms with Crippen LogP contribution in [0.25, 0.3) is 0 Å². The lowest BCUT2D eigenvalue weighted by Gasteiger charge is -2.14. The molecule has 0 heterocycles. The van der Waals surface area contributed by atoms with Crippen molar-refractivity contribution in [1.29, 1.82) is 0 Å². The SMILES string of the molecule is COc1ccc(S(=O)(=O)NC2CC2)cc1NC(=O)COc1ccc(Cl)cc1C. The summed E-state index contributed by atoms with van der Waals surface area (Å²) in [5.41, 5.74) is 1.06. The molecule has 9 heteroatoms. The third-order valence-electron chi connectivity index (χ3n) is 4.15. The third-order valence-corrected chi connectivity index (χ3v) is 5.90. The van der Waals surface area contributed by atoms with Crippen LogP contribution in [0.2, 0.25) is 5.02 Å². The van der Waals surface area contributed by atoms with Crippen molar-refractivity contribution in [3.05, 3.63) is 47.0 Å². The minimum absolute atomic E-state index is 0.0128. The van der Waals surface area contributed by atoms with Crippen LogP contribution < -0.4 is 19.5 Å². The average Bonchev–Trinajstić information content (AvgIpc) is 3.44. The van der Waals surface area contributed by atoms with E-state index in [-0.39, 0.29) is 23.2 Å². The Morgan fingerprint density at radius 2 is 1.89 bits per heavy atom. The largest absolute Gasteiger partial charge is 0.495 e. The number of ether oxygens (including phenoxy) is 2. The summed E-state index contributed by atoms with van der Waals surface area (Å²) >= 11 is 5.90. The maximum Gasteiger partial charge on any atom is 0.262 e. The molecule has 2 aromatic rings. The number of carbonyl (C=O) groups is 1. The molecule has 0 aliphatic heterocycles. The van der Waals surface area contributed by atoms with E-state index >= 15 is 0 Å². The zero-order valence-electron chi connectivity index (χ0n) is 15.5. The van der Waals surface area contributed by atoms with Crippen LogP contribution in [-0.2, 0) is 14.8 Å². The summed E-state index contributed by atoms with van der Waals surface area (Å²) in [4.78, 5) is 12.4. The second-order valence-corrected chi connectivity index (χ2v) is 8.65. The second kappa shape index (κ2) is 8.38. The lowest BCUT2D eigenvalue weighted by Crippen LogP contribution is -2.26. The number of nitrogens with one attached hydrogen (secondary N) is 2. The number of halogens is 1. The highest BCUT2D eigenvalue weighted by Gasteiger charge is 2.28. The van der Waals surface area contributed by atoms with Gasteiger partial charge in [-0.25, -0.2) is 13.1 Å². The van der Waals surface area contributed by atoms with Crippen LogP contribution in [0.3, 0.4) is 0 Å². The molecule has 1 aliphatic rings. The third kappa shape index (κ3) is 5.15. The van der Waals surface area contributed by atoms with E-state index in [9.17, 15) is 13.2 Å². The first-order chi connectivity index (χ1) is 13.3. The second-order valence-electron chi connectivity index (χ2n) is 6.50. The molecule has 7 nitrogen and oxygen atoms in total. The van der Waals surface area contributed by atoms with Crippen LogP contribution in [0.15, 0.2) is 41.3 Å². The number of methoxy groups -OCH3 is 1. The topological polar surface area (TPSA) is 93.7 Å². The van der Waals surface area contributed by atoms with E-state index in [0.29, 0.717) is 16.5 Å². The number of anilines is 1. The number of hydrogen-bond donors (Lipinski definition) is 2. The molecule has 0 aromatic heterocycles. The van der Waals surface area contributed by atoms with Gasteiger partial charge in [-0.05, 0) is 61.7 Å². The van der Waals surface area contributed by atoms with Crippen molar-refractivity contribution < 1.29 is 22.7 Å². The molecular formula is C19H21ClN2O5S. The fraction of sp³-hybridized carbons (Fsp3) is 0.316. The molecular weight excluding hydrogens is 404 g/mol. The monoisotopic (exact) mass is 424 g/mol. The van der Waals surface area contributed by atoms with Crippen molar-refractivity contribution in [2.45, 2.75) is 30.7 Å². The number of benzene rings is 2. The van der Waals surface area contributed by atoms with E-state index < -0.39 is 15.9 Å². The molecule has 28 heavy (non-hydrogen) atoms. The number of amides is 1. The average molecular weight is 425 g/mol. The summed E-state index contributed by atoms with van der Waals surface area (Å²) < 4.78 is 38.1. The molecule has 0 radical (unpaired) electrons. The maximum absolute atomic E-state index is 12.4. The number of hydrogen-bond acceptors (Lipinski definition) is 5. The summed E-state index contributed by atoms with van der Waals surface area (Å²) in [7, 11) is -2.21. The van der Waals surface area contributed by atoms with Crippen LogP contribution in [0, 0.1) is 6.92 Å². The van der Waals surface area contributed by atoms with Gasteiger partial charge in [0.25, 0.3) is 5.91 Å². The Bertz CT molecular complexity index is 990. The molecule has 2 aromatic carbocycles. The molecule has 2 N–H and O–H groups in total. The van der Waals surface area contributed by atoms with Crippen molar-refractivity contribution in [2.75, 3.05) is 19.0 Å². The predicted octanol–water partition coefficient (Wildman–Crippen LogP) is 3.12. The van der Waals surface area contributed by atoms with Crippen LogP contribution in [0.5, 0.6) is 11.5 Å². The molecule has 1 saturated carbocycles. The van der Waals surface area contributed by atoms with Crippen LogP contribution in [0.4, 0.5) is 5.69 Å². The number of aryl methyl sites for hydroxylation is 1. The lowest BCUT2D eigenvalue weighted by molar-refractivity contribution is -0.118. The zero-order chi connectivity index (χ0) is 20.3. The quantitative estimate of drug-likeness (QED) is 0.679. The standard InChI is InChI=1S/C19H21ClN2O5S/c1-12-9-13(20)3-7-17(12)27-11-19(23)21-16-10-15(6-8-18(16)26-2)28(24,25)22-14-4-5-14/h3,6-10,14,22H,4-5,11H2,1-2H3,(H,21,23). The van der Waals surface area contributed by atoms with Crippen molar-refractivity contribution in [1.82, 2.24) is 4.72 Å². The molecule has 1 aliphatic carbocycles. The van der Waals surface area contributed by atoms with Gasteiger partial charge in [-0.1, -0.05) is 11.6 Å². The molecule has 0 bridgehead atoms. The van der Waals surface area contributed by atoms with Gasteiger partial charge in [0.1, 0.15) is 11.5 Å². The van der Waals surface area contributed by atoms with E-state index in [1.807, 2.05) is 6.92 Å². The van der Waals surface area contributed by atoms with Gasteiger partial charge < -0.3 is 14.8 Å². The van der Waals surface area contributed by atoms with Gasteiger partial charge in [-0.15, -0.1) is 0 Å². The van der Waals surface area contributed by atoms with E-state index in [1.165, 1.54) is 25.3 Å². The molecule has 3 rings (SSSR count). The van der Waals surface area contributed by atoms with E-state index in [4.69, 9.17) is 21.1 Å². The summed E-state index contributed by atoms with van der Waals surface area (Å²) in [5, 5.41) is 3.22. The van der Waals surface area contributed by atoms with Crippen molar-refractivity contribution in [3.8, 4) is 11.5 Å². The lowest BCUT2D eigenvalue weighted by atomic mass is 10.2. The summed E-state index contributed by atoms with van der Waals surface area (Å²) in [6.07, 6.45) is 1.67. The van der Waals surface area contributed by atoms with Crippen LogP contribution >= 0.6 is 11.6 Å². The number of carbonyl (C=O) groups excluding carboxylic acids is 1. The zero-order valence-corrected chi connectivity index (χ0v) is 17.1. The molecule has 0 saturated heterocycles. The Morgan fingerprint density at radius 1 is 1.18 bits per heavy atom. The first-order valence-electron chi connectivity index (χ1n) is 8.67. The van der Waals surface area contributed by atoms with Gasteiger partial charge >= 0.3 is 0 Å². The molecule has 1 fully saturated rings. The van der Waals surface area contributed by atoms with E-state index in [0.717, 1.165) is 18.4 Å². The van der Waals surface area contributed by atoms with E-state index in [2.05, 4.69) is 10.0 Å². The smallest absolute Gasteiger partial charge is 0.262 e. The van der Waals surface area contributed by atoms with Gasteiger partial charge in [0.05, 0.1) is 17.7 Å². The Hall–Kier alpha value is -2.29. The normalized spacial score (nSPS) is 13.8. The van der Waals surface area contributed by atoms with E-state index in [1.54, 1.807) is 18.2 Å². The first kappa shape index (κ1) is 20.4. The van der Waals surface area contributed by atoms with Crippen molar-refractivity contribution in [3.63, 3.8) is 0 Å². The maximum atomic E-state index is 12.4. The fourth-order valence-corrected chi connectivity index (χ4v) is 4.10. The minimum atomic E-state index is -3.65. The predicted molar refractivity (Wildman–Crippen MR) is 107 cm³/mol. The van der Waals surface area contributed by atoms with Gasteiger partial charge in [-0.2, -0.15) is 0 Å². The Morgan fingerprint density at radius 3 is 2.54 bits per heavy atom. The Balaban J connectivity index is 1.71. The first-order valence-corrected chi connectivity index (χ1v) is 10.5. The number of rotatable bonds is 8. The van der Waals surface area contributed by atoms with Crippen molar-refractivity contribution >= 4 is 33.2 Å². The Labute approximate surface area is 169 Å². The molecule has 0 spiro atoms. The van der Waals surface area contributed by atoms with Crippen LogP contribution in [-0.4, -0.2) is 34.1 Å². The highest BCUT2D eigenvalue weighted by atomic mass is 35.5. The highest BCUT2D eigenvalue weighted by molar-refractivity contribution is 7.89. The minimum Gasteiger partial charge on any atom is -0.495 e. The Kier molecular flexibility index (Phi) is 6.12. The molecule has 0 atom stereocenters. The summed E-state index contributed by atoms with van der Waals surface area (Å²) in [6.45, 7) is 1.58. The van der Waals surface area contributed by atoms with Crippen molar-refractivity contribution in [2.24, 2.45) is 0 Å². The number of sulfonamides is 1. The van der Waals surface area contributed by atoms with Crippen LogP contribution in [0.1, 0.15) is 18.4 Å². The summed E-state index contributed by atoms with van der Waals surface area (Å²) in [5.74, 6) is 0.440. The summed E-state index contributed by atoms with van der Waals surface area (Å²) in [6, 6.07) is 9.39. The van der Waals surface area contributed by atoms with Gasteiger partial charge in [0.15, 0.2) is 6.61 Å². The molecule has 1 amide bonds. The highest BCUT2D eigenvalue weighted by Crippen LogP contribution is 2.29. The van der Waals surface area contributed by atoms with Gasteiger partial charge in [0.2, 0.25) is 10.0 Å². The van der Waals surface area contributed by atoms with Gasteiger partial charge in [0, 0.05) is 11.1 Å². The molecule has 0 unspecified atom stereocenters.